The number of nitro benzene ring substituents is 1. The van der Waals surface area contributed by atoms with Gasteiger partial charge in [0.2, 0.25) is 0 Å². The Morgan fingerprint density at radius 1 is 1.23 bits per heavy atom. The van der Waals surface area contributed by atoms with E-state index in [0.717, 1.165) is 16.2 Å². The Balaban J connectivity index is 2.31. The third kappa shape index (κ3) is 4.08. The second kappa shape index (κ2) is 7.09. The quantitative estimate of drug-likeness (QED) is 0.645. The molecule has 0 heterocycles. The molecule has 0 aliphatic heterocycles. The second-order valence-corrected chi connectivity index (χ2v) is 5.83. The zero-order valence-corrected chi connectivity index (χ0v) is 12.8. The monoisotopic (exact) mass is 317 g/mol. The Morgan fingerprint density at radius 3 is 2.45 bits per heavy atom. The molecular formula is C16H15NO4S. The van der Waals surface area contributed by atoms with Crippen LogP contribution in [0.3, 0.4) is 0 Å². The van der Waals surface area contributed by atoms with Gasteiger partial charge in [-0.15, -0.1) is 0 Å². The SMILES string of the molecule is CCc1ccc(Sc2ccc([N+](=O)[O-])cc2CC(=O)O)cc1. The Morgan fingerprint density at radius 2 is 1.91 bits per heavy atom. The molecule has 22 heavy (non-hydrogen) atoms. The van der Waals surface area contributed by atoms with Crippen molar-refractivity contribution < 1.29 is 14.8 Å². The fourth-order valence-electron chi connectivity index (χ4n) is 2.00. The Hall–Kier alpha value is -2.34. The number of carboxylic acid groups (broad SMARTS) is 1. The van der Waals surface area contributed by atoms with Crippen molar-refractivity contribution in [1.82, 2.24) is 0 Å². The van der Waals surface area contributed by atoms with Crippen molar-refractivity contribution in [2.24, 2.45) is 0 Å². The van der Waals surface area contributed by atoms with Gasteiger partial charge in [0, 0.05) is 21.9 Å². The molecule has 0 bridgehead atoms. The summed E-state index contributed by atoms with van der Waals surface area (Å²) in [7, 11) is 0. The van der Waals surface area contributed by atoms with Crippen LogP contribution in [0.1, 0.15) is 18.1 Å². The Labute approximate surface area is 132 Å². The van der Waals surface area contributed by atoms with Crippen molar-refractivity contribution in [1.29, 1.82) is 0 Å². The van der Waals surface area contributed by atoms with Crippen LogP contribution in [0.5, 0.6) is 0 Å². The molecule has 0 radical (unpaired) electrons. The van der Waals surface area contributed by atoms with Gasteiger partial charge in [-0.25, -0.2) is 0 Å². The first-order valence-electron chi connectivity index (χ1n) is 6.75. The summed E-state index contributed by atoms with van der Waals surface area (Å²) < 4.78 is 0. The molecule has 0 spiro atoms. The fourth-order valence-corrected chi connectivity index (χ4v) is 2.92. The number of benzene rings is 2. The first kappa shape index (κ1) is 16.0. The number of nitro groups is 1. The van der Waals surface area contributed by atoms with Gasteiger partial charge in [-0.3, -0.25) is 14.9 Å². The maximum atomic E-state index is 11.0. The van der Waals surface area contributed by atoms with Crippen LogP contribution in [0.4, 0.5) is 5.69 Å². The second-order valence-electron chi connectivity index (χ2n) is 4.72. The third-order valence-electron chi connectivity index (χ3n) is 3.16. The van der Waals surface area contributed by atoms with E-state index in [-0.39, 0.29) is 12.1 Å². The molecule has 0 aliphatic carbocycles. The number of non-ortho nitro benzene ring substituents is 1. The van der Waals surface area contributed by atoms with Crippen molar-refractivity contribution in [3.63, 3.8) is 0 Å². The van der Waals surface area contributed by atoms with Gasteiger partial charge in [0.25, 0.3) is 5.69 Å². The van der Waals surface area contributed by atoms with Crippen LogP contribution < -0.4 is 0 Å². The van der Waals surface area contributed by atoms with E-state index in [9.17, 15) is 14.9 Å². The molecule has 2 aromatic carbocycles. The maximum absolute atomic E-state index is 11.0. The zero-order valence-electron chi connectivity index (χ0n) is 12.0. The van der Waals surface area contributed by atoms with E-state index in [0.29, 0.717) is 5.56 Å². The first-order chi connectivity index (χ1) is 10.5. The van der Waals surface area contributed by atoms with E-state index in [1.807, 2.05) is 24.3 Å². The van der Waals surface area contributed by atoms with Crippen LogP contribution in [0.15, 0.2) is 52.3 Å². The lowest BCUT2D eigenvalue weighted by Crippen LogP contribution is -2.02. The van der Waals surface area contributed by atoms with Gasteiger partial charge in [-0.05, 0) is 35.7 Å². The highest BCUT2D eigenvalue weighted by molar-refractivity contribution is 7.99. The number of carboxylic acids is 1. The van der Waals surface area contributed by atoms with E-state index in [1.54, 1.807) is 6.07 Å². The predicted octanol–water partition coefficient (Wildman–Crippen LogP) is 3.94. The average Bonchev–Trinajstić information content (AvgIpc) is 2.49. The van der Waals surface area contributed by atoms with Gasteiger partial charge in [-0.1, -0.05) is 30.8 Å². The lowest BCUT2D eigenvalue weighted by atomic mass is 10.1. The van der Waals surface area contributed by atoms with Crippen molar-refractivity contribution >= 4 is 23.4 Å². The number of rotatable bonds is 6. The van der Waals surface area contributed by atoms with Crippen LogP contribution in [0.25, 0.3) is 0 Å². The molecule has 0 amide bonds. The number of hydrogen-bond donors (Lipinski definition) is 1. The van der Waals surface area contributed by atoms with Crippen LogP contribution >= 0.6 is 11.8 Å². The molecule has 0 saturated heterocycles. The lowest BCUT2D eigenvalue weighted by molar-refractivity contribution is -0.385. The van der Waals surface area contributed by atoms with Crippen LogP contribution in [0, 0.1) is 10.1 Å². The van der Waals surface area contributed by atoms with Gasteiger partial charge < -0.3 is 5.11 Å². The predicted molar refractivity (Wildman–Crippen MR) is 84.4 cm³/mol. The summed E-state index contributed by atoms with van der Waals surface area (Å²) in [4.78, 5) is 23.0. The summed E-state index contributed by atoms with van der Waals surface area (Å²) >= 11 is 1.41. The van der Waals surface area contributed by atoms with Crippen molar-refractivity contribution in [2.75, 3.05) is 0 Å². The summed E-state index contributed by atoms with van der Waals surface area (Å²) in [5.41, 5.74) is 1.58. The van der Waals surface area contributed by atoms with Crippen molar-refractivity contribution in [3.05, 3.63) is 63.7 Å². The average molecular weight is 317 g/mol. The van der Waals surface area contributed by atoms with Crippen LogP contribution in [-0.4, -0.2) is 16.0 Å². The first-order valence-corrected chi connectivity index (χ1v) is 7.57. The third-order valence-corrected chi connectivity index (χ3v) is 4.28. The minimum Gasteiger partial charge on any atom is -0.481 e. The molecule has 6 heteroatoms. The molecular weight excluding hydrogens is 302 g/mol. The van der Waals surface area contributed by atoms with E-state index in [4.69, 9.17) is 5.11 Å². The molecule has 0 fully saturated rings. The highest BCUT2D eigenvalue weighted by atomic mass is 32.2. The normalized spacial score (nSPS) is 10.4. The Bertz CT molecular complexity index is 698. The Kier molecular flexibility index (Phi) is 5.16. The highest BCUT2D eigenvalue weighted by Gasteiger charge is 2.14. The lowest BCUT2D eigenvalue weighted by Gasteiger charge is -2.08. The van der Waals surface area contributed by atoms with E-state index in [2.05, 4.69) is 6.92 Å². The molecule has 0 aliphatic rings. The van der Waals surface area contributed by atoms with E-state index < -0.39 is 10.9 Å². The van der Waals surface area contributed by atoms with Gasteiger partial charge in [0.1, 0.15) is 0 Å². The molecule has 2 rings (SSSR count). The summed E-state index contributed by atoms with van der Waals surface area (Å²) in [5, 5.41) is 19.8. The molecule has 114 valence electrons. The van der Waals surface area contributed by atoms with Gasteiger partial charge in [0.05, 0.1) is 11.3 Å². The van der Waals surface area contributed by atoms with Gasteiger partial charge in [0.15, 0.2) is 0 Å². The molecule has 0 saturated carbocycles. The van der Waals surface area contributed by atoms with Crippen molar-refractivity contribution in [2.45, 2.75) is 29.6 Å². The summed E-state index contributed by atoms with van der Waals surface area (Å²) in [6, 6.07) is 12.3. The zero-order chi connectivity index (χ0) is 16.1. The van der Waals surface area contributed by atoms with Gasteiger partial charge >= 0.3 is 5.97 Å². The molecule has 0 aromatic heterocycles. The maximum Gasteiger partial charge on any atom is 0.307 e. The molecule has 0 unspecified atom stereocenters. The van der Waals surface area contributed by atoms with E-state index >= 15 is 0 Å². The number of aliphatic carboxylic acids is 1. The standard InChI is InChI=1S/C16H15NO4S/c1-2-11-3-6-14(7-4-11)22-15-8-5-13(17(20)21)9-12(15)10-16(18)19/h3-9H,2,10H2,1H3,(H,18,19). The molecule has 0 atom stereocenters. The number of hydrogen-bond acceptors (Lipinski definition) is 4. The van der Waals surface area contributed by atoms with E-state index in [1.165, 1.54) is 29.5 Å². The van der Waals surface area contributed by atoms with Gasteiger partial charge in [-0.2, -0.15) is 0 Å². The summed E-state index contributed by atoms with van der Waals surface area (Å²) in [6.45, 7) is 2.07. The minimum absolute atomic E-state index is 0.0954. The summed E-state index contributed by atoms with van der Waals surface area (Å²) in [6.07, 6.45) is 0.712. The highest BCUT2D eigenvalue weighted by Crippen LogP contribution is 2.33. The number of aryl methyl sites for hydroxylation is 1. The molecule has 2 aromatic rings. The van der Waals surface area contributed by atoms with Crippen LogP contribution in [-0.2, 0) is 17.6 Å². The fraction of sp³-hybridized carbons (Fsp3) is 0.188. The topological polar surface area (TPSA) is 80.4 Å². The minimum atomic E-state index is -1.01. The number of nitrogens with zero attached hydrogens (tertiary/aromatic N) is 1. The van der Waals surface area contributed by atoms with Crippen molar-refractivity contribution in [3.8, 4) is 0 Å². The molecule has 1 N–H and O–H groups in total. The smallest absolute Gasteiger partial charge is 0.307 e. The largest absolute Gasteiger partial charge is 0.481 e. The molecule has 5 nitrogen and oxygen atoms in total. The number of carbonyl (C=O) groups is 1. The van der Waals surface area contributed by atoms with Crippen LogP contribution in [0.2, 0.25) is 0 Å². The summed E-state index contributed by atoms with van der Waals surface area (Å²) in [5.74, 6) is -1.01.